The van der Waals surface area contributed by atoms with Gasteiger partial charge < -0.3 is 15.7 Å². The molecule has 0 spiro atoms. The molecule has 0 aromatic heterocycles. The maximum Gasteiger partial charge on any atom is 0.325 e. The van der Waals surface area contributed by atoms with Crippen LogP contribution in [0.15, 0.2) is 30.3 Å². The lowest BCUT2D eigenvalue weighted by Gasteiger charge is -2.24. The van der Waals surface area contributed by atoms with Crippen molar-refractivity contribution in [1.29, 1.82) is 0 Å². The van der Waals surface area contributed by atoms with Gasteiger partial charge in [0, 0.05) is 0 Å². The Morgan fingerprint density at radius 2 is 2.00 bits per heavy atom. The largest absolute Gasteiger partial charge is 0.480 e. The highest BCUT2D eigenvalue weighted by atomic mass is 16.4. The summed E-state index contributed by atoms with van der Waals surface area (Å²) in [7, 11) is 0. The van der Waals surface area contributed by atoms with Gasteiger partial charge in [-0.2, -0.15) is 0 Å². The maximum atomic E-state index is 11.3. The van der Waals surface area contributed by atoms with E-state index in [1.165, 1.54) is 0 Å². The van der Waals surface area contributed by atoms with Crippen LogP contribution in [0.2, 0.25) is 0 Å². The van der Waals surface area contributed by atoms with Crippen LogP contribution in [-0.2, 0) is 4.79 Å². The number of rotatable bonds is 5. The van der Waals surface area contributed by atoms with E-state index in [-0.39, 0.29) is 0 Å². The normalized spacial score (nSPS) is 18.4. The second kappa shape index (κ2) is 6.52. The van der Waals surface area contributed by atoms with Gasteiger partial charge in [-0.05, 0) is 44.0 Å². The van der Waals surface area contributed by atoms with Gasteiger partial charge in [0.1, 0.15) is 6.04 Å². The second-order valence-electron chi connectivity index (χ2n) is 4.78. The van der Waals surface area contributed by atoms with E-state index in [1.807, 2.05) is 30.3 Å². The summed E-state index contributed by atoms with van der Waals surface area (Å²) in [4.78, 5) is 11.3. The van der Waals surface area contributed by atoms with E-state index in [1.54, 1.807) is 0 Å². The third-order valence-corrected chi connectivity index (χ3v) is 3.45. The summed E-state index contributed by atoms with van der Waals surface area (Å²) < 4.78 is 0. The number of piperidine rings is 1. The molecule has 3 N–H and O–H groups in total. The third-order valence-electron chi connectivity index (χ3n) is 3.45. The standard InChI is InChI=1S/C14H20N2O2/c17-14(18)13(12-4-2-1-3-5-12)16-10-11-6-8-15-9-7-11/h1-5,11,13,15-16H,6-10H2,(H,17,18)/t13-/m0/s1. The monoisotopic (exact) mass is 248 g/mol. The number of benzene rings is 1. The lowest BCUT2D eigenvalue weighted by molar-refractivity contribution is -0.139. The summed E-state index contributed by atoms with van der Waals surface area (Å²) in [5.74, 6) is -0.230. The van der Waals surface area contributed by atoms with Crippen LogP contribution in [0.25, 0.3) is 0 Å². The Hall–Kier alpha value is -1.39. The van der Waals surface area contributed by atoms with Gasteiger partial charge in [-0.25, -0.2) is 0 Å². The molecule has 1 aromatic rings. The number of hydrogen-bond acceptors (Lipinski definition) is 3. The van der Waals surface area contributed by atoms with Crippen LogP contribution < -0.4 is 10.6 Å². The molecule has 1 saturated heterocycles. The van der Waals surface area contributed by atoms with Crippen molar-refractivity contribution in [3.63, 3.8) is 0 Å². The van der Waals surface area contributed by atoms with E-state index in [0.29, 0.717) is 5.92 Å². The first-order valence-electron chi connectivity index (χ1n) is 6.49. The van der Waals surface area contributed by atoms with Gasteiger partial charge in [0.25, 0.3) is 0 Å². The molecule has 18 heavy (non-hydrogen) atoms. The SMILES string of the molecule is O=C(O)[C@@H](NCC1CCNCC1)c1ccccc1. The van der Waals surface area contributed by atoms with Gasteiger partial charge in [0.05, 0.1) is 0 Å². The van der Waals surface area contributed by atoms with Crippen LogP contribution in [0.4, 0.5) is 0 Å². The first-order chi connectivity index (χ1) is 8.77. The number of carbonyl (C=O) groups is 1. The zero-order chi connectivity index (χ0) is 12.8. The Labute approximate surface area is 107 Å². The number of aliphatic carboxylic acids is 1. The molecule has 0 amide bonds. The fraction of sp³-hybridized carbons (Fsp3) is 0.500. The zero-order valence-electron chi connectivity index (χ0n) is 10.4. The minimum absolute atomic E-state index is 0.580. The number of hydrogen-bond donors (Lipinski definition) is 3. The third kappa shape index (κ3) is 3.55. The molecule has 98 valence electrons. The highest BCUT2D eigenvalue weighted by Gasteiger charge is 2.21. The van der Waals surface area contributed by atoms with E-state index in [0.717, 1.165) is 38.0 Å². The maximum absolute atomic E-state index is 11.3. The smallest absolute Gasteiger partial charge is 0.325 e. The van der Waals surface area contributed by atoms with Crippen molar-refractivity contribution in [2.45, 2.75) is 18.9 Å². The molecule has 1 atom stereocenters. The summed E-state index contributed by atoms with van der Waals surface area (Å²) in [6.45, 7) is 2.85. The minimum Gasteiger partial charge on any atom is -0.480 e. The molecule has 2 rings (SSSR count). The van der Waals surface area contributed by atoms with Crippen LogP contribution in [-0.4, -0.2) is 30.7 Å². The number of carboxylic acids is 1. The molecule has 1 fully saturated rings. The Kier molecular flexibility index (Phi) is 4.73. The first kappa shape index (κ1) is 13.1. The molecule has 4 nitrogen and oxygen atoms in total. The zero-order valence-corrected chi connectivity index (χ0v) is 10.4. The molecule has 1 heterocycles. The van der Waals surface area contributed by atoms with Crippen LogP contribution in [0.1, 0.15) is 24.4 Å². The Morgan fingerprint density at radius 3 is 2.61 bits per heavy atom. The Balaban J connectivity index is 1.92. The molecular weight excluding hydrogens is 228 g/mol. The summed E-state index contributed by atoms with van der Waals surface area (Å²) in [6, 6.07) is 8.76. The minimum atomic E-state index is -0.810. The van der Waals surface area contributed by atoms with Crippen LogP contribution >= 0.6 is 0 Å². The fourth-order valence-corrected chi connectivity index (χ4v) is 2.36. The quantitative estimate of drug-likeness (QED) is 0.737. The molecule has 4 heteroatoms. The predicted octanol–water partition coefficient (Wildman–Crippen LogP) is 1.40. The van der Waals surface area contributed by atoms with Crippen molar-refractivity contribution in [3.05, 3.63) is 35.9 Å². The highest BCUT2D eigenvalue weighted by molar-refractivity contribution is 5.75. The van der Waals surface area contributed by atoms with Gasteiger partial charge in [-0.1, -0.05) is 30.3 Å². The molecular formula is C14H20N2O2. The van der Waals surface area contributed by atoms with E-state index in [2.05, 4.69) is 10.6 Å². The van der Waals surface area contributed by atoms with Crippen molar-refractivity contribution in [1.82, 2.24) is 10.6 Å². The van der Waals surface area contributed by atoms with E-state index < -0.39 is 12.0 Å². The first-order valence-corrected chi connectivity index (χ1v) is 6.49. The summed E-state index contributed by atoms with van der Waals surface area (Å²) >= 11 is 0. The average molecular weight is 248 g/mol. The van der Waals surface area contributed by atoms with Crippen LogP contribution in [0.5, 0.6) is 0 Å². The van der Waals surface area contributed by atoms with E-state index >= 15 is 0 Å². The lowest BCUT2D eigenvalue weighted by atomic mass is 9.97. The van der Waals surface area contributed by atoms with Crippen molar-refractivity contribution in [2.24, 2.45) is 5.92 Å². The number of nitrogens with one attached hydrogen (secondary N) is 2. The Morgan fingerprint density at radius 1 is 1.33 bits per heavy atom. The summed E-state index contributed by atoms with van der Waals surface area (Å²) in [5.41, 5.74) is 0.818. The van der Waals surface area contributed by atoms with Gasteiger partial charge in [0.2, 0.25) is 0 Å². The topological polar surface area (TPSA) is 61.4 Å². The second-order valence-corrected chi connectivity index (χ2v) is 4.78. The highest BCUT2D eigenvalue weighted by Crippen LogP contribution is 2.16. The van der Waals surface area contributed by atoms with E-state index in [4.69, 9.17) is 0 Å². The molecule has 1 aromatic carbocycles. The van der Waals surface area contributed by atoms with Crippen molar-refractivity contribution in [2.75, 3.05) is 19.6 Å². The van der Waals surface area contributed by atoms with Crippen molar-refractivity contribution >= 4 is 5.97 Å². The van der Waals surface area contributed by atoms with Crippen molar-refractivity contribution in [3.8, 4) is 0 Å². The van der Waals surface area contributed by atoms with E-state index in [9.17, 15) is 9.90 Å². The van der Waals surface area contributed by atoms with Gasteiger partial charge >= 0.3 is 5.97 Å². The molecule has 0 saturated carbocycles. The van der Waals surface area contributed by atoms with Gasteiger partial charge in [-0.3, -0.25) is 4.79 Å². The number of carboxylic acid groups (broad SMARTS) is 1. The fourth-order valence-electron chi connectivity index (χ4n) is 2.36. The van der Waals surface area contributed by atoms with Crippen LogP contribution in [0, 0.1) is 5.92 Å². The van der Waals surface area contributed by atoms with Crippen LogP contribution in [0.3, 0.4) is 0 Å². The van der Waals surface area contributed by atoms with Crippen molar-refractivity contribution < 1.29 is 9.90 Å². The summed E-state index contributed by atoms with van der Waals surface area (Å²) in [6.07, 6.45) is 2.24. The lowest BCUT2D eigenvalue weighted by Crippen LogP contribution is -2.37. The molecule has 0 radical (unpaired) electrons. The predicted molar refractivity (Wildman–Crippen MR) is 70.4 cm³/mol. The van der Waals surface area contributed by atoms with Gasteiger partial charge in [-0.15, -0.1) is 0 Å². The molecule has 0 bridgehead atoms. The molecule has 1 aliphatic heterocycles. The Bertz CT molecular complexity index is 375. The molecule has 0 unspecified atom stereocenters. The molecule has 1 aliphatic rings. The van der Waals surface area contributed by atoms with Gasteiger partial charge in [0.15, 0.2) is 0 Å². The molecule has 0 aliphatic carbocycles. The average Bonchev–Trinajstić information content (AvgIpc) is 2.41. The summed E-state index contributed by atoms with van der Waals surface area (Å²) in [5, 5.41) is 15.8.